The van der Waals surface area contributed by atoms with Gasteiger partial charge in [-0.15, -0.1) is 0 Å². The van der Waals surface area contributed by atoms with Gasteiger partial charge < -0.3 is 0 Å². The first-order valence-corrected chi connectivity index (χ1v) is 3.51. The second kappa shape index (κ2) is 4.05. The highest BCUT2D eigenvalue weighted by Crippen LogP contribution is 2.05. The van der Waals surface area contributed by atoms with E-state index in [0.717, 1.165) is 0 Å². The number of hydrogen-bond donors (Lipinski definition) is 2. The lowest BCUT2D eigenvalue weighted by molar-refractivity contribution is 0.601. The zero-order valence-electron chi connectivity index (χ0n) is 6.18. The van der Waals surface area contributed by atoms with Gasteiger partial charge in [-0.1, -0.05) is 18.2 Å². The van der Waals surface area contributed by atoms with E-state index in [1.54, 1.807) is 12.1 Å². The summed E-state index contributed by atoms with van der Waals surface area (Å²) in [6, 6.07) is 6.70. The Kier molecular flexibility index (Phi) is 3.01. The van der Waals surface area contributed by atoms with Gasteiger partial charge in [0.1, 0.15) is 5.82 Å². The standard InChI is InChI=1S/C8H11FN2/c9-8-4-2-1-3-7(8)5-6-11-10/h1-4,11H,5-6,10H2. The summed E-state index contributed by atoms with van der Waals surface area (Å²) in [7, 11) is 0. The third-order valence-electron chi connectivity index (χ3n) is 1.50. The molecule has 0 atom stereocenters. The number of hydrogen-bond acceptors (Lipinski definition) is 2. The molecule has 3 heteroatoms. The number of nitrogens with two attached hydrogens (primary N) is 1. The Balaban J connectivity index is 2.62. The molecule has 0 saturated heterocycles. The summed E-state index contributed by atoms with van der Waals surface area (Å²) in [5.41, 5.74) is 3.18. The summed E-state index contributed by atoms with van der Waals surface area (Å²) in [4.78, 5) is 0. The van der Waals surface area contributed by atoms with Gasteiger partial charge >= 0.3 is 0 Å². The fourth-order valence-electron chi connectivity index (χ4n) is 0.908. The van der Waals surface area contributed by atoms with Crippen LogP contribution in [0.1, 0.15) is 5.56 Å². The van der Waals surface area contributed by atoms with Gasteiger partial charge in [-0.3, -0.25) is 11.3 Å². The fraction of sp³-hybridized carbons (Fsp3) is 0.250. The summed E-state index contributed by atoms with van der Waals surface area (Å²) in [6.07, 6.45) is 0.628. The number of hydrazine groups is 1. The van der Waals surface area contributed by atoms with E-state index < -0.39 is 0 Å². The smallest absolute Gasteiger partial charge is 0.126 e. The summed E-state index contributed by atoms with van der Waals surface area (Å²) in [5, 5.41) is 0. The van der Waals surface area contributed by atoms with Crippen molar-refractivity contribution in [3.8, 4) is 0 Å². The number of rotatable bonds is 3. The minimum absolute atomic E-state index is 0.164. The minimum atomic E-state index is -0.164. The molecule has 1 aromatic carbocycles. The van der Waals surface area contributed by atoms with E-state index in [9.17, 15) is 4.39 Å². The van der Waals surface area contributed by atoms with Crippen molar-refractivity contribution in [1.82, 2.24) is 5.43 Å². The molecule has 60 valence electrons. The van der Waals surface area contributed by atoms with Gasteiger partial charge in [-0.05, 0) is 18.1 Å². The first-order chi connectivity index (χ1) is 5.34. The van der Waals surface area contributed by atoms with Crippen molar-refractivity contribution in [2.24, 2.45) is 5.84 Å². The Morgan fingerprint density at radius 1 is 1.36 bits per heavy atom. The third kappa shape index (κ3) is 2.29. The first kappa shape index (κ1) is 8.17. The van der Waals surface area contributed by atoms with Crippen molar-refractivity contribution in [3.63, 3.8) is 0 Å². The molecule has 0 aliphatic carbocycles. The van der Waals surface area contributed by atoms with Gasteiger partial charge in [0.15, 0.2) is 0 Å². The Morgan fingerprint density at radius 2 is 2.09 bits per heavy atom. The van der Waals surface area contributed by atoms with Gasteiger partial charge in [0, 0.05) is 6.54 Å². The molecule has 3 N–H and O–H groups in total. The lowest BCUT2D eigenvalue weighted by Gasteiger charge is -2.00. The number of benzene rings is 1. The normalized spacial score (nSPS) is 10.0. The Hall–Kier alpha value is -0.930. The van der Waals surface area contributed by atoms with Crippen molar-refractivity contribution in [1.29, 1.82) is 0 Å². The molecule has 0 heterocycles. The van der Waals surface area contributed by atoms with Gasteiger partial charge in [0.05, 0.1) is 0 Å². The van der Waals surface area contributed by atoms with Crippen molar-refractivity contribution >= 4 is 0 Å². The minimum Gasteiger partial charge on any atom is -0.271 e. The molecule has 0 saturated carbocycles. The zero-order chi connectivity index (χ0) is 8.10. The van der Waals surface area contributed by atoms with Crippen LogP contribution in [0, 0.1) is 5.82 Å². The summed E-state index contributed by atoms with van der Waals surface area (Å²) in [6.45, 7) is 0.598. The third-order valence-corrected chi connectivity index (χ3v) is 1.50. The Labute approximate surface area is 65.2 Å². The van der Waals surface area contributed by atoms with Crippen molar-refractivity contribution in [2.75, 3.05) is 6.54 Å². The Morgan fingerprint density at radius 3 is 2.73 bits per heavy atom. The second-order valence-corrected chi connectivity index (χ2v) is 2.30. The van der Waals surface area contributed by atoms with Crippen LogP contribution in [0.4, 0.5) is 4.39 Å². The molecule has 0 spiro atoms. The highest BCUT2D eigenvalue weighted by molar-refractivity contribution is 5.17. The second-order valence-electron chi connectivity index (χ2n) is 2.30. The van der Waals surface area contributed by atoms with E-state index in [1.807, 2.05) is 6.07 Å². The van der Waals surface area contributed by atoms with Crippen LogP contribution in [-0.2, 0) is 6.42 Å². The molecular formula is C8H11FN2. The quantitative estimate of drug-likeness (QED) is 0.500. The maximum atomic E-state index is 12.8. The highest BCUT2D eigenvalue weighted by Gasteiger charge is 1.97. The maximum absolute atomic E-state index is 12.8. The summed E-state index contributed by atoms with van der Waals surface area (Å²) < 4.78 is 12.8. The molecule has 0 amide bonds. The summed E-state index contributed by atoms with van der Waals surface area (Å²) >= 11 is 0. The highest BCUT2D eigenvalue weighted by atomic mass is 19.1. The van der Waals surface area contributed by atoms with Crippen LogP contribution < -0.4 is 11.3 Å². The van der Waals surface area contributed by atoms with Crippen LogP contribution in [0.5, 0.6) is 0 Å². The van der Waals surface area contributed by atoms with E-state index in [0.29, 0.717) is 18.5 Å². The first-order valence-electron chi connectivity index (χ1n) is 3.51. The number of nitrogens with one attached hydrogen (secondary N) is 1. The topological polar surface area (TPSA) is 38.0 Å². The van der Waals surface area contributed by atoms with E-state index >= 15 is 0 Å². The molecule has 11 heavy (non-hydrogen) atoms. The number of halogens is 1. The zero-order valence-corrected chi connectivity index (χ0v) is 6.18. The van der Waals surface area contributed by atoms with Crippen LogP contribution in [0.15, 0.2) is 24.3 Å². The van der Waals surface area contributed by atoms with E-state index in [1.165, 1.54) is 6.07 Å². The molecule has 0 bridgehead atoms. The molecule has 1 rings (SSSR count). The molecule has 0 aliphatic heterocycles. The SMILES string of the molecule is NNCCc1ccccc1F. The van der Waals surface area contributed by atoms with Gasteiger partial charge in [-0.2, -0.15) is 0 Å². The largest absolute Gasteiger partial charge is 0.271 e. The molecule has 0 aliphatic rings. The van der Waals surface area contributed by atoms with E-state index in [2.05, 4.69) is 5.43 Å². The van der Waals surface area contributed by atoms with E-state index in [4.69, 9.17) is 5.84 Å². The van der Waals surface area contributed by atoms with Crippen LogP contribution >= 0.6 is 0 Å². The van der Waals surface area contributed by atoms with Crippen molar-refractivity contribution in [3.05, 3.63) is 35.6 Å². The van der Waals surface area contributed by atoms with E-state index in [-0.39, 0.29) is 5.82 Å². The average molecular weight is 154 g/mol. The predicted molar refractivity (Wildman–Crippen MR) is 42.3 cm³/mol. The monoisotopic (exact) mass is 154 g/mol. The van der Waals surface area contributed by atoms with Crippen LogP contribution in [0.25, 0.3) is 0 Å². The molecule has 0 radical (unpaired) electrons. The van der Waals surface area contributed by atoms with Crippen molar-refractivity contribution < 1.29 is 4.39 Å². The molecule has 2 nitrogen and oxygen atoms in total. The Bertz CT molecular complexity index is 225. The molecule has 0 fully saturated rings. The van der Waals surface area contributed by atoms with Crippen LogP contribution in [0.3, 0.4) is 0 Å². The van der Waals surface area contributed by atoms with Gasteiger partial charge in [-0.25, -0.2) is 4.39 Å². The lowest BCUT2D eigenvalue weighted by atomic mass is 10.1. The summed E-state index contributed by atoms with van der Waals surface area (Å²) in [5.74, 6) is 4.89. The van der Waals surface area contributed by atoms with Gasteiger partial charge in [0.25, 0.3) is 0 Å². The van der Waals surface area contributed by atoms with Crippen molar-refractivity contribution in [2.45, 2.75) is 6.42 Å². The lowest BCUT2D eigenvalue weighted by Crippen LogP contribution is -2.24. The van der Waals surface area contributed by atoms with Crippen LogP contribution in [-0.4, -0.2) is 6.54 Å². The fourth-order valence-corrected chi connectivity index (χ4v) is 0.908. The molecule has 1 aromatic rings. The maximum Gasteiger partial charge on any atom is 0.126 e. The average Bonchev–Trinajstić information content (AvgIpc) is 2.03. The van der Waals surface area contributed by atoms with Crippen LogP contribution in [0.2, 0.25) is 0 Å². The molecular weight excluding hydrogens is 143 g/mol. The van der Waals surface area contributed by atoms with Gasteiger partial charge in [0.2, 0.25) is 0 Å². The predicted octanol–water partition coefficient (Wildman–Crippen LogP) is 0.831. The molecule has 0 unspecified atom stereocenters. The molecule has 0 aromatic heterocycles.